The number of amides is 1. The van der Waals surface area contributed by atoms with E-state index in [1.165, 1.54) is 11.8 Å². The lowest BCUT2D eigenvalue weighted by atomic mass is 10.2. The summed E-state index contributed by atoms with van der Waals surface area (Å²) in [4.78, 5) is 13.2. The molecular weight excluding hydrogens is 334 g/mol. The largest absolute Gasteiger partial charge is 0.493 e. The van der Waals surface area contributed by atoms with Crippen molar-refractivity contribution in [1.29, 1.82) is 0 Å². The molecule has 0 fully saturated rings. The average Bonchev–Trinajstić information content (AvgIpc) is 2.56. The molecule has 2 aromatic rings. The van der Waals surface area contributed by atoms with Gasteiger partial charge < -0.3 is 14.8 Å². The zero-order valence-electron chi connectivity index (χ0n) is 13.1. The first-order valence-corrected chi connectivity index (χ1v) is 8.25. The van der Waals surface area contributed by atoms with Gasteiger partial charge in [-0.05, 0) is 31.2 Å². The molecule has 2 rings (SSSR count). The molecule has 1 amide bonds. The van der Waals surface area contributed by atoms with Crippen molar-refractivity contribution in [2.24, 2.45) is 0 Å². The molecule has 122 valence electrons. The van der Waals surface area contributed by atoms with Crippen molar-refractivity contribution >= 4 is 35.0 Å². The van der Waals surface area contributed by atoms with Gasteiger partial charge in [0.25, 0.3) is 0 Å². The fourth-order valence-electron chi connectivity index (χ4n) is 1.94. The van der Waals surface area contributed by atoms with Gasteiger partial charge in [0.2, 0.25) is 5.91 Å². The maximum atomic E-state index is 12.3. The van der Waals surface area contributed by atoms with Crippen LogP contribution in [0.2, 0.25) is 5.02 Å². The van der Waals surface area contributed by atoms with Crippen LogP contribution in [0.3, 0.4) is 0 Å². The summed E-state index contributed by atoms with van der Waals surface area (Å²) in [5.41, 5.74) is 0.652. The summed E-state index contributed by atoms with van der Waals surface area (Å²) in [6.45, 7) is 1.84. The van der Waals surface area contributed by atoms with Crippen LogP contribution in [0.4, 0.5) is 5.69 Å². The fraction of sp³-hybridized carbons (Fsp3) is 0.235. The summed E-state index contributed by atoms with van der Waals surface area (Å²) in [5, 5.41) is 3.22. The van der Waals surface area contributed by atoms with Crippen LogP contribution < -0.4 is 14.8 Å². The van der Waals surface area contributed by atoms with Gasteiger partial charge in [0, 0.05) is 16.6 Å². The van der Waals surface area contributed by atoms with E-state index in [0.29, 0.717) is 22.2 Å². The van der Waals surface area contributed by atoms with Crippen molar-refractivity contribution in [1.82, 2.24) is 0 Å². The Balaban J connectivity index is 2.05. The van der Waals surface area contributed by atoms with E-state index >= 15 is 0 Å². The Kier molecular flexibility index (Phi) is 6.19. The summed E-state index contributed by atoms with van der Waals surface area (Å²) < 4.78 is 10.4. The first-order valence-electron chi connectivity index (χ1n) is 6.99. The highest BCUT2D eigenvalue weighted by Gasteiger charge is 2.16. The zero-order valence-corrected chi connectivity index (χ0v) is 14.7. The van der Waals surface area contributed by atoms with Crippen LogP contribution >= 0.6 is 23.4 Å². The molecule has 0 saturated carbocycles. The number of carbonyl (C=O) groups excluding carboxylic acids is 1. The predicted octanol–water partition coefficient (Wildman–Crippen LogP) is 4.48. The molecule has 0 spiro atoms. The van der Waals surface area contributed by atoms with Crippen molar-refractivity contribution in [3.63, 3.8) is 0 Å². The molecule has 4 nitrogen and oxygen atoms in total. The highest BCUT2D eigenvalue weighted by molar-refractivity contribution is 8.00. The van der Waals surface area contributed by atoms with E-state index in [0.717, 1.165) is 4.90 Å². The van der Waals surface area contributed by atoms with Gasteiger partial charge in [0.15, 0.2) is 11.5 Å². The van der Waals surface area contributed by atoms with Crippen molar-refractivity contribution in [3.8, 4) is 11.5 Å². The second-order valence-corrected chi connectivity index (χ2v) is 6.54. The number of benzene rings is 2. The molecule has 1 unspecified atom stereocenters. The summed E-state index contributed by atoms with van der Waals surface area (Å²) in [7, 11) is 3.12. The Bertz CT molecular complexity index is 693. The number of rotatable bonds is 6. The highest BCUT2D eigenvalue weighted by atomic mass is 35.5. The molecule has 0 bridgehead atoms. The smallest absolute Gasteiger partial charge is 0.237 e. The number of carbonyl (C=O) groups is 1. The number of methoxy groups -OCH3 is 2. The minimum atomic E-state index is -0.289. The Morgan fingerprint density at radius 3 is 2.48 bits per heavy atom. The summed E-state index contributed by atoms with van der Waals surface area (Å²) in [5.74, 6) is 1.07. The van der Waals surface area contributed by atoms with Crippen molar-refractivity contribution in [2.45, 2.75) is 17.1 Å². The van der Waals surface area contributed by atoms with E-state index in [1.807, 2.05) is 31.2 Å². The number of hydrogen-bond acceptors (Lipinski definition) is 4. The minimum absolute atomic E-state index is 0.109. The van der Waals surface area contributed by atoms with Crippen LogP contribution in [0.1, 0.15) is 6.92 Å². The van der Waals surface area contributed by atoms with Crippen LogP contribution in [0.25, 0.3) is 0 Å². The second-order valence-electron chi connectivity index (χ2n) is 4.75. The Labute approximate surface area is 145 Å². The fourth-order valence-corrected chi connectivity index (χ4v) is 3.10. The lowest BCUT2D eigenvalue weighted by Crippen LogP contribution is -2.22. The number of thioether (sulfide) groups is 1. The van der Waals surface area contributed by atoms with Gasteiger partial charge in [-0.15, -0.1) is 11.8 Å². The van der Waals surface area contributed by atoms with E-state index in [2.05, 4.69) is 5.32 Å². The third-order valence-electron chi connectivity index (χ3n) is 3.16. The van der Waals surface area contributed by atoms with Crippen LogP contribution in [-0.4, -0.2) is 25.4 Å². The number of anilines is 1. The summed E-state index contributed by atoms with van der Waals surface area (Å²) >= 11 is 7.54. The van der Waals surface area contributed by atoms with E-state index in [1.54, 1.807) is 32.4 Å². The number of nitrogens with one attached hydrogen (secondary N) is 1. The molecule has 23 heavy (non-hydrogen) atoms. The third kappa shape index (κ3) is 4.56. The lowest BCUT2D eigenvalue weighted by Gasteiger charge is -2.14. The van der Waals surface area contributed by atoms with Gasteiger partial charge in [0.05, 0.1) is 24.5 Å². The summed E-state index contributed by atoms with van der Waals surface area (Å²) in [6.07, 6.45) is 0. The second kappa shape index (κ2) is 8.13. The first kappa shape index (κ1) is 17.5. The maximum Gasteiger partial charge on any atom is 0.237 e. The molecule has 0 aliphatic heterocycles. The van der Waals surface area contributed by atoms with Gasteiger partial charge in [-0.2, -0.15) is 0 Å². The Morgan fingerprint density at radius 2 is 1.83 bits per heavy atom. The van der Waals surface area contributed by atoms with Crippen LogP contribution in [-0.2, 0) is 4.79 Å². The standard InChI is InChI=1S/C17H18ClNO3S/c1-11(23-16-7-5-4-6-13(16)18)17(20)19-12-8-9-14(21-2)15(10-12)22-3/h4-11H,1-3H3,(H,19,20). The van der Waals surface area contributed by atoms with Gasteiger partial charge in [0.1, 0.15) is 0 Å². The number of hydrogen-bond donors (Lipinski definition) is 1. The van der Waals surface area contributed by atoms with Gasteiger partial charge in [-0.3, -0.25) is 4.79 Å². The van der Waals surface area contributed by atoms with E-state index in [9.17, 15) is 4.79 Å². The first-order chi connectivity index (χ1) is 11.0. The van der Waals surface area contributed by atoms with Crippen molar-refractivity contribution in [3.05, 3.63) is 47.5 Å². The molecule has 0 aliphatic rings. The highest BCUT2D eigenvalue weighted by Crippen LogP contribution is 2.32. The number of halogens is 1. The monoisotopic (exact) mass is 351 g/mol. The molecule has 0 aliphatic carbocycles. The molecule has 1 N–H and O–H groups in total. The maximum absolute atomic E-state index is 12.3. The average molecular weight is 352 g/mol. The van der Waals surface area contributed by atoms with Gasteiger partial charge in [-0.1, -0.05) is 23.7 Å². The van der Waals surface area contributed by atoms with Crippen LogP contribution in [0, 0.1) is 0 Å². The molecule has 0 radical (unpaired) electrons. The Morgan fingerprint density at radius 1 is 1.13 bits per heavy atom. The molecular formula is C17H18ClNO3S. The molecule has 0 saturated heterocycles. The molecule has 0 aromatic heterocycles. The molecule has 1 atom stereocenters. The van der Waals surface area contributed by atoms with E-state index in [4.69, 9.17) is 21.1 Å². The van der Waals surface area contributed by atoms with Gasteiger partial charge >= 0.3 is 0 Å². The summed E-state index contributed by atoms with van der Waals surface area (Å²) in [6, 6.07) is 12.7. The van der Waals surface area contributed by atoms with Crippen LogP contribution in [0.5, 0.6) is 11.5 Å². The quantitative estimate of drug-likeness (QED) is 0.780. The van der Waals surface area contributed by atoms with E-state index in [-0.39, 0.29) is 11.2 Å². The van der Waals surface area contributed by atoms with Crippen molar-refractivity contribution < 1.29 is 14.3 Å². The molecule has 2 aromatic carbocycles. The third-order valence-corrected chi connectivity index (χ3v) is 4.78. The molecule has 6 heteroatoms. The Hall–Kier alpha value is -1.85. The van der Waals surface area contributed by atoms with Crippen LogP contribution in [0.15, 0.2) is 47.4 Å². The minimum Gasteiger partial charge on any atom is -0.493 e. The normalized spacial score (nSPS) is 11.7. The predicted molar refractivity (Wildman–Crippen MR) is 94.9 cm³/mol. The van der Waals surface area contributed by atoms with Crippen molar-refractivity contribution in [2.75, 3.05) is 19.5 Å². The zero-order chi connectivity index (χ0) is 16.8. The SMILES string of the molecule is COc1ccc(NC(=O)C(C)Sc2ccccc2Cl)cc1OC. The lowest BCUT2D eigenvalue weighted by molar-refractivity contribution is -0.115. The van der Waals surface area contributed by atoms with E-state index < -0.39 is 0 Å². The molecule has 0 heterocycles. The van der Waals surface area contributed by atoms with Gasteiger partial charge in [-0.25, -0.2) is 0 Å². The topological polar surface area (TPSA) is 47.6 Å². The number of ether oxygens (including phenoxy) is 2.